The molecule has 5 rings (SSSR count). The molecule has 10 heteroatoms. The fraction of sp³-hybridized carbons (Fsp3) is 0.207. The molecule has 2 aromatic heterocycles. The minimum atomic E-state index is -0.789. The third-order valence-corrected chi connectivity index (χ3v) is 8.31. The number of esters is 1. The number of nitrogens with zero attached hydrogens (tertiary/aromatic N) is 2. The van der Waals surface area contributed by atoms with E-state index in [9.17, 15) is 9.59 Å². The average Bonchev–Trinajstić information content (AvgIpc) is 3.46. The molecule has 7 nitrogen and oxygen atoms in total. The number of carbonyl (C=O) groups is 1. The van der Waals surface area contributed by atoms with Gasteiger partial charge in [0.15, 0.2) is 9.89 Å². The number of rotatable bonds is 7. The van der Waals surface area contributed by atoms with E-state index in [0.717, 1.165) is 9.37 Å². The van der Waals surface area contributed by atoms with Gasteiger partial charge in [-0.15, -0.1) is 0 Å². The highest BCUT2D eigenvalue weighted by Gasteiger charge is 2.35. The molecule has 1 aliphatic heterocycles. The Labute approximate surface area is 241 Å². The van der Waals surface area contributed by atoms with Crippen molar-refractivity contribution in [2.24, 2.45) is 4.99 Å². The van der Waals surface area contributed by atoms with Crippen molar-refractivity contribution in [1.29, 1.82) is 0 Å². The van der Waals surface area contributed by atoms with Gasteiger partial charge in [0.25, 0.3) is 5.56 Å². The van der Waals surface area contributed by atoms with Gasteiger partial charge in [-0.25, -0.2) is 9.79 Å². The fourth-order valence-corrected chi connectivity index (χ4v) is 6.48. The molecule has 0 unspecified atom stereocenters. The number of hydrogen-bond acceptors (Lipinski definition) is 8. The van der Waals surface area contributed by atoms with Crippen molar-refractivity contribution in [3.63, 3.8) is 0 Å². The molecule has 0 fully saturated rings. The summed E-state index contributed by atoms with van der Waals surface area (Å²) in [7, 11) is 1.56. The second kappa shape index (κ2) is 11.4. The summed E-state index contributed by atoms with van der Waals surface area (Å²) >= 11 is 6.26. The predicted octanol–water partition coefficient (Wildman–Crippen LogP) is 5.70. The summed E-state index contributed by atoms with van der Waals surface area (Å²) in [5, 5.41) is 0.714. The molecular weight excluding hydrogens is 600 g/mol. The van der Waals surface area contributed by atoms with Gasteiger partial charge in [-0.3, -0.25) is 9.36 Å². The molecule has 0 N–H and O–H groups in total. The fourth-order valence-electron chi connectivity index (χ4n) is 4.27. The van der Waals surface area contributed by atoms with E-state index >= 15 is 0 Å². The Kier molecular flexibility index (Phi) is 7.97. The minimum absolute atomic E-state index is 0.290. The topological polar surface area (TPSA) is 83.0 Å². The molecule has 2 aromatic carbocycles. The van der Waals surface area contributed by atoms with Crippen molar-refractivity contribution >= 4 is 51.1 Å². The van der Waals surface area contributed by atoms with Crippen molar-refractivity contribution in [1.82, 2.24) is 4.57 Å². The molecular formula is C29H25BrN2O5S2. The maximum absolute atomic E-state index is 13.9. The second-order valence-electron chi connectivity index (χ2n) is 8.99. The number of benzene rings is 2. The van der Waals surface area contributed by atoms with E-state index in [4.69, 9.17) is 13.9 Å². The Morgan fingerprint density at radius 1 is 1.18 bits per heavy atom. The first-order valence-electron chi connectivity index (χ1n) is 12.1. The number of methoxy groups -OCH3 is 1. The molecule has 4 aromatic rings. The summed E-state index contributed by atoms with van der Waals surface area (Å²) in [6.45, 7) is 5.32. The number of ether oxygens (including phenoxy) is 2. The van der Waals surface area contributed by atoms with Crippen molar-refractivity contribution in [2.45, 2.75) is 42.9 Å². The first-order valence-corrected chi connectivity index (χ1v) is 14.6. The standard InChI is InChI=1S/C29H25BrN2O5S2/c1-16(2)36-28(34)25-17(3)31-29-32(26(25)21-14-18(30)10-12-22(21)35-4)27(33)23(39-29)15-19-11-13-24(37-19)38-20-8-6-5-7-9-20/h5-16,26H,1-4H3/b23-15-/t26-/m1/s1. The van der Waals surface area contributed by atoms with E-state index in [-0.39, 0.29) is 11.7 Å². The molecule has 0 saturated carbocycles. The van der Waals surface area contributed by atoms with E-state index in [1.807, 2.05) is 54.6 Å². The van der Waals surface area contributed by atoms with Gasteiger partial charge in [-0.1, -0.05) is 57.2 Å². The number of allylic oxidation sites excluding steroid dienone is 1. The zero-order valence-electron chi connectivity index (χ0n) is 21.6. The van der Waals surface area contributed by atoms with E-state index in [0.29, 0.717) is 42.8 Å². The lowest BCUT2D eigenvalue weighted by Gasteiger charge is -2.26. The van der Waals surface area contributed by atoms with Crippen LogP contribution < -0.4 is 19.6 Å². The Balaban J connectivity index is 1.63. The van der Waals surface area contributed by atoms with Gasteiger partial charge in [0.1, 0.15) is 17.6 Å². The summed E-state index contributed by atoms with van der Waals surface area (Å²) in [4.78, 5) is 33.4. The Morgan fingerprint density at radius 3 is 2.67 bits per heavy atom. The molecule has 0 spiro atoms. The van der Waals surface area contributed by atoms with Crippen LogP contribution in [-0.2, 0) is 9.53 Å². The quantitative estimate of drug-likeness (QED) is 0.245. The zero-order valence-corrected chi connectivity index (χ0v) is 24.9. The van der Waals surface area contributed by atoms with Crippen LogP contribution in [0.5, 0.6) is 5.75 Å². The molecule has 0 saturated heterocycles. The number of halogens is 1. The molecule has 39 heavy (non-hydrogen) atoms. The molecule has 200 valence electrons. The molecule has 0 bridgehead atoms. The first-order chi connectivity index (χ1) is 18.7. The van der Waals surface area contributed by atoms with Crippen molar-refractivity contribution in [3.8, 4) is 5.75 Å². The minimum Gasteiger partial charge on any atom is -0.496 e. The average molecular weight is 626 g/mol. The van der Waals surface area contributed by atoms with Crippen LogP contribution in [0.15, 0.2) is 101 Å². The maximum Gasteiger partial charge on any atom is 0.338 e. The Bertz CT molecular complexity index is 1750. The van der Waals surface area contributed by atoms with Gasteiger partial charge in [-0.2, -0.15) is 0 Å². The molecule has 1 atom stereocenters. The van der Waals surface area contributed by atoms with Gasteiger partial charge in [0.2, 0.25) is 0 Å². The van der Waals surface area contributed by atoms with Gasteiger partial charge in [0, 0.05) is 21.0 Å². The number of hydrogen-bond donors (Lipinski definition) is 0. The number of furan rings is 1. The normalized spacial score (nSPS) is 15.3. The molecule has 0 aliphatic carbocycles. The van der Waals surface area contributed by atoms with Gasteiger partial charge < -0.3 is 13.9 Å². The molecule has 0 radical (unpaired) electrons. The highest BCUT2D eigenvalue weighted by molar-refractivity contribution is 9.10. The molecule has 0 amide bonds. The summed E-state index contributed by atoms with van der Waals surface area (Å²) in [5.41, 5.74) is 1.13. The van der Waals surface area contributed by atoms with Crippen LogP contribution >= 0.6 is 39.0 Å². The largest absolute Gasteiger partial charge is 0.496 e. The Morgan fingerprint density at radius 2 is 1.95 bits per heavy atom. The molecule has 1 aliphatic rings. The first kappa shape index (κ1) is 27.2. The summed E-state index contributed by atoms with van der Waals surface area (Å²) in [6, 6.07) is 18.3. The van der Waals surface area contributed by atoms with E-state index in [2.05, 4.69) is 20.9 Å². The van der Waals surface area contributed by atoms with Crippen LogP contribution in [0.25, 0.3) is 6.08 Å². The monoisotopic (exact) mass is 624 g/mol. The van der Waals surface area contributed by atoms with Crippen LogP contribution in [0.3, 0.4) is 0 Å². The number of carbonyl (C=O) groups excluding carboxylic acids is 1. The number of thiazole rings is 1. The van der Waals surface area contributed by atoms with Crippen LogP contribution in [-0.4, -0.2) is 23.8 Å². The second-order valence-corrected chi connectivity index (χ2v) is 12.0. The lowest BCUT2D eigenvalue weighted by molar-refractivity contribution is -0.143. The maximum atomic E-state index is 13.9. The van der Waals surface area contributed by atoms with Crippen molar-refractivity contribution < 1.29 is 18.7 Å². The predicted molar refractivity (Wildman–Crippen MR) is 155 cm³/mol. The third-order valence-electron chi connectivity index (χ3n) is 5.91. The highest BCUT2D eigenvalue weighted by atomic mass is 79.9. The van der Waals surface area contributed by atoms with Crippen LogP contribution in [0.1, 0.15) is 38.1 Å². The van der Waals surface area contributed by atoms with Crippen LogP contribution in [0.2, 0.25) is 0 Å². The summed E-state index contributed by atoms with van der Waals surface area (Å²) < 4.78 is 20.0. The van der Waals surface area contributed by atoms with Crippen molar-refractivity contribution in [3.05, 3.63) is 107 Å². The Hall–Kier alpha value is -3.34. The zero-order chi connectivity index (χ0) is 27.7. The lowest BCUT2D eigenvalue weighted by Crippen LogP contribution is -2.40. The van der Waals surface area contributed by atoms with Gasteiger partial charge >= 0.3 is 5.97 Å². The van der Waals surface area contributed by atoms with E-state index < -0.39 is 12.0 Å². The number of aromatic nitrogens is 1. The van der Waals surface area contributed by atoms with E-state index in [1.165, 1.54) is 27.7 Å². The van der Waals surface area contributed by atoms with Crippen LogP contribution in [0, 0.1) is 0 Å². The van der Waals surface area contributed by atoms with Gasteiger partial charge in [0.05, 0.1) is 29.0 Å². The highest BCUT2D eigenvalue weighted by Crippen LogP contribution is 2.37. The summed E-state index contributed by atoms with van der Waals surface area (Å²) in [6.07, 6.45) is 1.37. The smallest absolute Gasteiger partial charge is 0.338 e. The lowest BCUT2D eigenvalue weighted by atomic mass is 9.95. The van der Waals surface area contributed by atoms with Gasteiger partial charge in [-0.05, 0) is 63.2 Å². The van der Waals surface area contributed by atoms with E-state index in [1.54, 1.807) is 40.0 Å². The molecule has 3 heterocycles. The van der Waals surface area contributed by atoms with Crippen LogP contribution in [0.4, 0.5) is 0 Å². The SMILES string of the molecule is COc1ccc(Br)cc1[C@@H]1C(C(=O)OC(C)C)=C(C)N=c2s/c(=C\c3ccc(Sc4ccccc4)o3)c(=O)n21. The summed E-state index contributed by atoms with van der Waals surface area (Å²) in [5.74, 6) is 0.558. The third kappa shape index (κ3) is 5.68. The van der Waals surface area contributed by atoms with Crippen molar-refractivity contribution in [2.75, 3.05) is 7.11 Å². The number of fused-ring (bicyclic) bond motifs is 1.